The summed E-state index contributed by atoms with van der Waals surface area (Å²) in [5.41, 5.74) is 8.21. The van der Waals surface area contributed by atoms with Gasteiger partial charge in [0, 0.05) is 18.5 Å². The van der Waals surface area contributed by atoms with E-state index < -0.39 is 15.2 Å². The molecule has 0 saturated heterocycles. The molecule has 0 spiro atoms. The Hall–Kier alpha value is -1.07. The van der Waals surface area contributed by atoms with E-state index in [4.69, 9.17) is 5.73 Å². The lowest BCUT2D eigenvalue weighted by Crippen LogP contribution is -2.34. The van der Waals surface area contributed by atoms with Crippen LogP contribution in [0.4, 0.5) is 5.69 Å². The molecule has 0 aliphatic carbocycles. The summed E-state index contributed by atoms with van der Waals surface area (Å²) in [7, 11) is -3.10. The van der Waals surface area contributed by atoms with Crippen molar-refractivity contribution in [3.8, 4) is 0 Å². The van der Waals surface area contributed by atoms with Crippen LogP contribution in [0.1, 0.15) is 16.5 Å². The Morgan fingerprint density at radius 3 is 2.87 bits per heavy atom. The van der Waals surface area contributed by atoms with Crippen molar-refractivity contribution in [3.63, 3.8) is 0 Å². The minimum atomic E-state index is -3.10. The van der Waals surface area contributed by atoms with Gasteiger partial charge in [0.2, 0.25) is 0 Å². The topological polar surface area (TPSA) is 72.2 Å². The summed E-state index contributed by atoms with van der Waals surface area (Å²) in [5.74, 6) is 0. The van der Waals surface area contributed by atoms with E-state index >= 15 is 0 Å². The molecular weight excluding hydrogens is 212 g/mol. The molecule has 0 saturated carbocycles. The van der Waals surface area contributed by atoms with Crippen LogP contribution in [-0.2, 0) is 16.3 Å². The molecule has 5 heteroatoms. The zero-order valence-electron chi connectivity index (χ0n) is 8.53. The van der Waals surface area contributed by atoms with Gasteiger partial charge in [0.15, 0.2) is 9.84 Å². The third-order valence-electron chi connectivity index (χ3n) is 2.60. The summed E-state index contributed by atoms with van der Waals surface area (Å²) < 4.78 is 23.1. The Labute approximate surface area is 89.4 Å². The van der Waals surface area contributed by atoms with Crippen LogP contribution in [0, 0.1) is 0 Å². The van der Waals surface area contributed by atoms with Crippen LogP contribution in [0.5, 0.6) is 0 Å². The van der Waals surface area contributed by atoms with Crippen LogP contribution in [0.15, 0.2) is 18.2 Å². The molecule has 0 fully saturated rings. The number of nitrogens with two attached hydrogens (primary N) is 1. The van der Waals surface area contributed by atoms with Crippen molar-refractivity contribution in [2.75, 3.05) is 18.5 Å². The largest absolute Gasteiger partial charge is 0.399 e. The van der Waals surface area contributed by atoms with Gasteiger partial charge in [0.25, 0.3) is 0 Å². The molecule has 1 aromatic carbocycles. The highest BCUT2D eigenvalue weighted by molar-refractivity contribution is 7.90. The highest BCUT2D eigenvalue weighted by Gasteiger charge is 2.27. The predicted molar refractivity (Wildman–Crippen MR) is 60.1 cm³/mol. The molecule has 3 N–H and O–H groups in total. The van der Waals surface area contributed by atoms with Gasteiger partial charge in [-0.1, -0.05) is 6.07 Å². The first-order valence-corrected chi connectivity index (χ1v) is 6.74. The minimum Gasteiger partial charge on any atom is -0.399 e. The molecule has 15 heavy (non-hydrogen) atoms. The molecule has 1 aliphatic rings. The van der Waals surface area contributed by atoms with Crippen LogP contribution < -0.4 is 11.1 Å². The zero-order valence-corrected chi connectivity index (χ0v) is 9.34. The average molecular weight is 226 g/mol. The first-order chi connectivity index (χ1) is 6.98. The third-order valence-corrected chi connectivity index (χ3v) is 3.88. The van der Waals surface area contributed by atoms with Gasteiger partial charge in [-0.25, -0.2) is 8.42 Å². The van der Waals surface area contributed by atoms with Crippen molar-refractivity contribution in [3.05, 3.63) is 29.3 Å². The van der Waals surface area contributed by atoms with Crippen molar-refractivity contribution >= 4 is 15.5 Å². The maximum absolute atomic E-state index is 11.5. The number of anilines is 1. The normalized spacial score (nSPS) is 21.0. The number of nitrogen functional groups attached to an aromatic ring is 1. The quantitative estimate of drug-likeness (QED) is 0.682. The Kier molecular flexibility index (Phi) is 2.44. The number of benzene rings is 1. The number of sulfone groups is 1. The van der Waals surface area contributed by atoms with E-state index in [0.29, 0.717) is 12.2 Å². The van der Waals surface area contributed by atoms with Gasteiger partial charge in [-0.05, 0) is 29.7 Å². The fourth-order valence-electron chi connectivity index (χ4n) is 1.93. The molecule has 4 nitrogen and oxygen atoms in total. The SMILES string of the molecule is CS(=O)(=O)C1NCCc2cc(N)ccc21. The Bertz CT molecular complexity index is 482. The number of hydrogen-bond donors (Lipinski definition) is 2. The van der Waals surface area contributed by atoms with E-state index in [1.165, 1.54) is 6.26 Å². The highest BCUT2D eigenvalue weighted by Crippen LogP contribution is 2.27. The van der Waals surface area contributed by atoms with E-state index in [-0.39, 0.29) is 0 Å². The van der Waals surface area contributed by atoms with Crippen molar-refractivity contribution in [2.24, 2.45) is 0 Å². The first-order valence-electron chi connectivity index (χ1n) is 4.79. The maximum atomic E-state index is 11.5. The summed E-state index contributed by atoms with van der Waals surface area (Å²) in [4.78, 5) is 0. The molecule has 1 atom stereocenters. The molecule has 1 aromatic rings. The van der Waals surface area contributed by atoms with E-state index in [9.17, 15) is 8.42 Å². The van der Waals surface area contributed by atoms with Crippen molar-refractivity contribution < 1.29 is 8.42 Å². The molecule has 82 valence electrons. The Morgan fingerprint density at radius 1 is 1.47 bits per heavy atom. The molecule has 0 bridgehead atoms. The number of nitrogens with one attached hydrogen (secondary N) is 1. The van der Waals surface area contributed by atoms with Crippen LogP contribution in [0.3, 0.4) is 0 Å². The monoisotopic (exact) mass is 226 g/mol. The van der Waals surface area contributed by atoms with E-state index in [1.807, 2.05) is 6.07 Å². The second-order valence-electron chi connectivity index (χ2n) is 3.87. The molecule has 2 rings (SSSR count). The maximum Gasteiger partial charge on any atom is 0.167 e. The van der Waals surface area contributed by atoms with Crippen molar-refractivity contribution in [1.29, 1.82) is 0 Å². The first kappa shape index (κ1) is 10.4. The van der Waals surface area contributed by atoms with E-state index in [1.54, 1.807) is 12.1 Å². The zero-order chi connectivity index (χ0) is 11.1. The summed E-state index contributed by atoms with van der Waals surface area (Å²) >= 11 is 0. The van der Waals surface area contributed by atoms with Gasteiger partial charge in [-0.2, -0.15) is 0 Å². The molecule has 1 heterocycles. The third kappa shape index (κ3) is 1.98. The summed E-state index contributed by atoms with van der Waals surface area (Å²) in [6.45, 7) is 0.675. The van der Waals surface area contributed by atoms with E-state index in [0.717, 1.165) is 17.5 Å². The summed E-state index contributed by atoms with van der Waals surface area (Å²) in [6.07, 6.45) is 2.07. The van der Waals surface area contributed by atoms with Gasteiger partial charge in [-0.15, -0.1) is 0 Å². The van der Waals surface area contributed by atoms with Crippen molar-refractivity contribution in [1.82, 2.24) is 5.32 Å². The second-order valence-corrected chi connectivity index (χ2v) is 6.00. The molecule has 0 aromatic heterocycles. The fraction of sp³-hybridized carbons (Fsp3) is 0.400. The Morgan fingerprint density at radius 2 is 2.20 bits per heavy atom. The number of rotatable bonds is 1. The van der Waals surface area contributed by atoms with Crippen LogP contribution >= 0.6 is 0 Å². The van der Waals surface area contributed by atoms with Crippen LogP contribution in [0.25, 0.3) is 0 Å². The van der Waals surface area contributed by atoms with Crippen molar-refractivity contribution in [2.45, 2.75) is 11.8 Å². The number of hydrogen-bond acceptors (Lipinski definition) is 4. The molecule has 0 radical (unpaired) electrons. The smallest absolute Gasteiger partial charge is 0.167 e. The Balaban J connectivity index is 2.52. The average Bonchev–Trinajstić information content (AvgIpc) is 2.15. The lowest BCUT2D eigenvalue weighted by Gasteiger charge is -2.25. The predicted octanol–water partition coefficient (Wildman–Crippen LogP) is 0.458. The standard InChI is InChI=1S/C10H14N2O2S/c1-15(13,14)10-9-3-2-8(11)6-7(9)4-5-12-10/h2-3,6,10,12H,4-5,11H2,1H3. The van der Waals surface area contributed by atoms with Crippen LogP contribution in [-0.4, -0.2) is 21.2 Å². The molecule has 0 amide bonds. The number of fused-ring (bicyclic) bond motifs is 1. The molecule has 1 aliphatic heterocycles. The second kappa shape index (κ2) is 3.50. The molecule has 1 unspecified atom stereocenters. The summed E-state index contributed by atoms with van der Waals surface area (Å²) in [5, 5.41) is 2.42. The van der Waals surface area contributed by atoms with E-state index in [2.05, 4.69) is 5.32 Å². The molecular formula is C10H14N2O2S. The minimum absolute atomic E-state index is 0.582. The van der Waals surface area contributed by atoms with Gasteiger partial charge >= 0.3 is 0 Å². The van der Waals surface area contributed by atoms with Gasteiger partial charge < -0.3 is 5.73 Å². The fourth-order valence-corrected chi connectivity index (χ4v) is 3.04. The van der Waals surface area contributed by atoms with Crippen LogP contribution in [0.2, 0.25) is 0 Å². The van der Waals surface area contributed by atoms with Gasteiger partial charge in [-0.3, -0.25) is 5.32 Å². The highest BCUT2D eigenvalue weighted by atomic mass is 32.2. The lowest BCUT2D eigenvalue weighted by atomic mass is 10.0. The summed E-state index contributed by atoms with van der Waals surface area (Å²) in [6, 6.07) is 5.39. The van der Waals surface area contributed by atoms with Gasteiger partial charge in [0.1, 0.15) is 5.37 Å². The van der Waals surface area contributed by atoms with Gasteiger partial charge in [0.05, 0.1) is 0 Å². The lowest BCUT2D eigenvalue weighted by molar-refractivity contribution is 0.547.